The number of carbonyl (C=O) groups is 1. The fourth-order valence-corrected chi connectivity index (χ4v) is 5.10. The van der Waals surface area contributed by atoms with Crippen LogP contribution in [0.5, 0.6) is 0 Å². The van der Waals surface area contributed by atoms with Gasteiger partial charge >= 0.3 is 5.97 Å². The Morgan fingerprint density at radius 3 is 2.19 bits per heavy atom. The smallest absolute Gasteiger partial charge is 0.307 e. The Hall–Kier alpha value is -4.97. The van der Waals surface area contributed by atoms with E-state index in [1.165, 1.54) is 0 Å². The van der Waals surface area contributed by atoms with E-state index in [2.05, 4.69) is 12.6 Å². The zero-order valence-electron chi connectivity index (χ0n) is 19.9. The van der Waals surface area contributed by atoms with Crippen LogP contribution in [0.15, 0.2) is 99.5 Å². The lowest BCUT2D eigenvalue weighted by Crippen LogP contribution is -2.31. The number of allylic oxidation sites excluding steroid dienone is 3. The number of carboxylic acids is 1. The fourth-order valence-electron chi connectivity index (χ4n) is 5.10. The zero-order valence-corrected chi connectivity index (χ0v) is 19.9. The van der Waals surface area contributed by atoms with Crippen molar-refractivity contribution in [3.05, 3.63) is 117 Å². The van der Waals surface area contributed by atoms with Crippen molar-refractivity contribution in [3.63, 3.8) is 0 Å². The van der Waals surface area contributed by atoms with Crippen LogP contribution in [0.1, 0.15) is 18.1 Å². The highest BCUT2D eigenvalue weighted by atomic mass is 16.4. The summed E-state index contributed by atoms with van der Waals surface area (Å²) in [6.07, 6.45) is 3.55. The summed E-state index contributed by atoms with van der Waals surface area (Å²) in [5.41, 5.74) is 3.49. The van der Waals surface area contributed by atoms with Crippen LogP contribution in [0.3, 0.4) is 0 Å². The molecule has 0 saturated heterocycles. The van der Waals surface area contributed by atoms with Gasteiger partial charge in [0, 0.05) is 26.9 Å². The quantitative estimate of drug-likeness (QED) is 0.181. The monoisotopic (exact) mass is 487 g/mol. The minimum absolute atomic E-state index is 0.137. The largest absolute Gasteiger partial charge is 0.481 e. The Bertz CT molecular complexity index is 2010. The minimum atomic E-state index is -0.950. The Morgan fingerprint density at radius 2 is 1.51 bits per heavy atom. The Morgan fingerprint density at radius 1 is 0.865 bits per heavy atom. The van der Waals surface area contributed by atoms with Gasteiger partial charge in [-0.25, -0.2) is 4.57 Å². The summed E-state index contributed by atoms with van der Waals surface area (Å²) < 4.78 is 7.37. The summed E-state index contributed by atoms with van der Waals surface area (Å²) in [7, 11) is 0. The third kappa shape index (κ3) is 3.45. The summed E-state index contributed by atoms with van der Waals surface area (Å²) in [4.78, 5) is 38.3. The lowest BCUT2D eigenvalue weighted by Gasteiger charge is -2.14. The van der Waals surface area contributed by atoms with Gasteiger partial charge in [0.2, 0.25) is 0 Å². The normalized spacial score (nSPS) is 12.2. The number of aromatic nitrogens is 1. The van der Waals surface area contributed by atoms with Crippen molar-refractivity contribution < 1.29 is 14.3 Å². The topological polar surface area (TPSA) is 89.5 Å². The highest BCUT2D eigenvalue weighted by molar-refractivity contribution is 6.26. The van der Waals surface area contributed by atoms with Crippen molar-refractivity contribution in [2.45, 2.75) is 13.3 Å². The predicted octanol–water partition coefficient (Wildman–Crippen LogP) is 6.06. The van der Waals surface area contributed by atoms with Crippen LogP contribution < -0.4 is 11.1 Å². The summed E-state index contributed by atoms with van der Waals surface area (Å²) in [5.74, 6) is -0.950. The van der Waals surface area contributed by atoms with Crippen molar-refractivity contribution in [1.82, 2.24) is 4.57 Å². The van der Waals surface area contributed by atoms with Gasteiger partial charge in [-0.2, -0.15) is 0 Å². The van der Waals surface area contributed by atoms with Crippen molar-refractivity contribution in [2.75, 3.05) is 0 Å². The number of carboxylic acid groups (broad SMARTS) is 1. The molecule has 6 aromatic rings. The minimum Gasteiger partial charge on any atom is -0.481 e. The molecule has 0 atom stereocenters. The molecule has 0 aliphatic carbocycles. The molecule has 6 nitrogen and oxygen atoms in total. The first-order chi connectivity index (χ1) is 17.9. The van der Waals surface area contributed by atoms with Gasteiger partial charge in [0.1, 0.15) is 11.2 Å². The maximum Gasteiger partial charge on any atom is 0.307 e. The standard InChI is InChI=1S/C31H21NO5/c1-3-4-17(2)19-7-13-25-24(16-19)21-10-11-22-28-23(12-14-26(37-25)29(21)28)31(36)32(30(22)35)20-8-5-18(6-9-20)15-27(33)34/h3-14,16H,1,15H2,2H3,(H,33,34)/b17-4+. The molecule has 2 heterocycles. The molecule has 0 fully saturated rings. The van der Waals surface area contributed by atoms with E-state index < -0.39 is 17.1 Å². The average molecular weight is 488 g/mol. The van der Waals surface area contributed by atoms with Gasteiger partial charge in [-0.15, -0.1) is 0 Å². The van der Waals surface area contributed by atoms with Crippen molar-refractivity contribution in [2.24, 2.45) is 0 Å². The van der Waals surface area contributed by atoms with E-state index in [9.17, 15) is 14.4 Å². The lowest BCUT2D eigenvalue weighted by molar-refractivity contribution is -0.136. The van der Waals surface area contributed by atoms with Gasteiger partial charge in [0.25, 0.3) is 11.1 Å². The second-order valence-corrected chi connectivity index (χ2v) is 9.10. The van der Waals surface area contributed by atoms with Crippen molar-refractivity contribution in [1.29, 1.82) is 0 Å². The Balaban J connectivity index is 1.66. The highest BCUT2D eigenvalue weighted by Crippen LogP contribution is 2.37. The van der Waals surface area contributed by atoms with Gasteiger partial charge in [0.05, 0.1) is 12.1 Å². The summed E-state index contributed by atoms with van der Waals surface area (Å²) in [6, 6.07) is 19.5. The molecule has 0 saturated carbocycles. The van der Waals surface area contributed by atoms with Crippen LogP contribution >= 0.6 is 0 Å². The third-order valence-corrected chi connectivity index (χ3v) is 6.85. The first-order valence-corrected chi connectivity index (χ1v) is 11.8. The van der Waals surface area contributed by atoms with E-state index in [0.29, 0.717) is 38.6 Å². The van der Waals surface area contributed by atoms with Crippen molar-refractivity contribution >= 4 is 55.0 Å². The fraction of sp³-hybridized carbons (Fsp3) is 0.0645. The second kappa shape index (κ2) is 8.31. The number of nitrogens with zero attached hydrogens (tertiary/aromatic N) is 1. The molecule has 6 rings (SSSR count). The van der Waals surface area contributed by atoms with Gasteiger partial charge in [-0.1, -0.05) is 43.0 Å². The van der Waals surface area contributed by atoms with Gasteiger partial charge < -0.3 is 9.52 Å². The van der Waals surface area contributed by atoms with E-state index in [-0.39, 0.29) is 6.42 Å². The molecule has 4 aromatic carbocycles. The van der Waals surface area contributed by atoms with Gasteiger partial charge in [0.15, 0.2) is 0 Å². The molecule has 0 bridgehead atoms. The van der Waals surface area contributed by atoms with E-state index in [0.717, 1.165) is 31.9 Å². The molecule has 0 radical (unpaired) electrons. The molecule has 0 amide bonds. The summed E-state index contributed by atoms with van der Waals surface area (Å²) >= 11 is 0. The summed E-state index contributed by atoms with van der Waals surface area (Å²) in [5, 5.41) is 13.0. The first-order valence-electron chi connectivity index (χ1n) is 11.8. The molecule has 1 N–H and O–H groups in total. The van der Waals surface area contributed by atoms with Crippen LogP contribution in [0.2, 0.25) is 0 Å². The third-order valence-electron chi connectivity index (χ3n) is 6.85. The molecular weight excluding hydrogens is 466 g/mol. The molecule has 0 unspecified atom stereocenters. The Labute approximate surface area is 210 Å². The average Bonchev–Trinajstić information content (AvgIpc) is 2.89. The van der Waals surface area contributed by atoms with Gasteiger partial charge in [-0.3, -0.25) is 14.4 Å². The predicted molar refractivity (Wildman–Crippen MR) is 147 cm³/mol. The molecule has 0 spiro atoms. The molecule has 0 aliphatic heterocycles. The van der Waals surface area contributed by atoms with E-state index >= 15 is 0 Å². The van der Waals surface area contributed by atoms with Crippen LogP contribution in [0.4, 0.5) is 0 Å². The van der Waals surface area contributed by atoms with Gasteiger partial charge in [-0.05, 0) is 71.5 Å². The highest BCUT2D eigenvalue weighted by Gasteiger charge is 2.20. The SMILES string of the molecule is C=C/C=C(\C)c1ccc2oc3ccc4c(=O)n(-c5ccc(CC(=O)O)cc5)c(=O)c5ccc(c2c1)c3c45. The first kappa shape index (κ1) is 22.5. The van der Waals surface area contributed by atoms with Crippen LogP contribution in [0, 0.1) is 0 Å². The maximum absolute atomic E-state index is 13.6. The van der Waals surface area contributed by atoms with E-state index in [4.69, 9.17) is 9.52 Å². The summed E-state index contributed by atoms with van der Waals surface area (Å²) in [6.45, 7) is 5.79. The maximum atomic E-state index is 13.6. The number of pyridine rings is 1. The number of hydrogen-bond donors (Lipinski definition) is 1. The molecule has 180 valence electrons. The van der Waals surface area contributed by atoms with Crippen LogP contribution in [0.25, 0.3) is 54.7 Å². The van der Waals surface area contributed by atoms with Crippen LogP contribution in [-0.4, -0.2) is 15.6 Å². The number of fused-ring (bicyclic) bond motifs is 2. The Kier molecular flexibility index (Phi) is 5.05. The molecular formula is C31H21NO5. The number of aliphatic carboxylic acids is 1. The number of rotatable bonds is 5. The molecule has 6 heteroatoms. The number of benzene rings is 4. The molecule has 0 aliphatic rings. The molecule has 37 heavy (non-hydrogen) atoms. The van der Waals surface area contributed by atoms with E-state index in [1.54, 1.807) is 48.5 Å². The van der Waals surface area contributed by atoms with Crippen molar-refractivity contribution in [3.8, 4) is 5.69 Å². The lowest BCUT2D eigenvalue weighted by atomic mass is 9.95. The number of hydrogen-bond acceptors (Lipinski definition) is 4. The molecule has 2 aromatic heterocycles. The zero-order chi connectivity index (χ0) is 25.8. The second-order valence-electron chi connectivity index (χ2n) is 9.10. The van der Waals surface area contributed by atoms with E-state index in [1.807, 2.05) is 31.2 Å². The van der Waals surface area contributed by atoms with Crippen LogP contribution in [-0.2, 0) is 11.2 Å².